The highest BCUT2D eigenvalue weighted by molar-refractivity contribution is 6.73. The first-order valence-electron chi connectivity index (χ1n) is 27.5. The minimum Gasteiger partial charge on any atom is -0.355 e. The van der Waals surface area contributed by atoms with Gasteiger partial charge in [0.1, 0.15) is 0 Å². The maximum Gasteiger partial charge on any atom is 0.198 e. The number of aromatic nitrogens is 1. The molecule has 10 aromatic rings. The van der Waals surface area contributed by atoms with Crippen molar-refractivity contribution in [2.75, 3.05) is 10.2 Å². The van der Waals surface area contributed by atoms with Gasteiger partial charge in [0.15, 0.2) is 7.28 Å². The molecule has 0 radical (unpaired) electrons. The van der Waals surface area contributed by atoms with Crippen LogP contribution >= 0.6 is 0 Å². The number of rotatable bonds is 10. The third-order valence-electron chi connectivity index (χ3n) is 17.8. The van der Waals surface area contributed by atoms with Gasteiger partial charge in [-0.2, -0.15) is 0 Å². The molecule has 0 spiro atoms. The van der Waals surface area contributed by atoms with Crippen LogP contribution in [0, 0.1) is 13.8 Å². The Morgan fingerprint density at radius 1 is 0.581 bits per heavy atom. The number of unbranched alkanes of at least 4 members (excludes halogenated alkanes) is 2. The van der Waals surface area contributed by atoms with Crippen molar-refractivity contribution in [1.82, 2.24) is 4.57 Å². The van der Waals surface area contributed by atoms with Crippen molar-refractivity contribution in [3.8, 4) is 27.9 Å². The number of nitrogens with zero attached hydrogens (tertiary/aromatic N) is 2. The number of aryl methyl sites for hydroxylation is 3. The molecular formula is C70H68BN3. The summed E-state index contributed by atoms with van der Waals surface area (Å²) in [6, 6.07) is 63.2. The Morgan fingerprint density at radius 3 is 2.04 bits per heavy atom. The van der Waals surface area contributed by atoms with Gasteiger partial charge in [-0.15, -0.1) is 0 Å². The highest BCUT2D eigenvalue weighted by Crippen LogP contribution is 2.55. The van der Waals surface area contributed by atoms with Crippen LogP contribution in [0.5, 0.6) is 0 Å². The molecule has 3 nitrogen and oxygen atoms in total. The van der Waals surface area contributed by atoms with E-state index in [4.69, 9.17) is 0 Å². The fraction of sp³-hybridized carbons (Fsp3) is 0.257. The molecule has 3 aliphatic rings. The summed E-state index contributed by atoms with van der Waals surface area (Å²) in [6.07, 6.45) is 7.15. The Morgan fingerprint density at radius 2 is 1.27 bits per heavy atom. The summed E-state index contributed by atoms with van der Waals surface area (Å²) in [6.45, 7) is 21.5. The van der Waals surface area contributed by atoms with Gasteiger partial charge in [0.05, 0.1) is 5.52 Å². The number of hydrogen-bond acceptors (Lipinski definition) is 2. The van der Waals surface area contributed by atoms with Gasteiger partial charge in [0.25, 0.3) is 0 Å². The molecule has 0 amide bonds. The van der Waals surface area contributed by atoms with Gasteiger partial charge < -0.3 is 14.8 Å². The standard InChI is InChI=1S/C70H68BN3/c1-10-11-12-18-45-27-32-48(33-28-45)73(47-30-25-43(2)26-31-47)49-34-35-52(60(40-49)72-59-42-57-56(39-44(59)3)68(4,5)37-38-69(57,6)7)64-65-54(51-21-15-16-23-55(51)70(65,8)9)41-62-66(64)71-58-24-17-22-53-63-50-20-14-13-19-46(50)29-36-61(63)74(62)67(53)58/h13-17,19-36,39-42,71-72H,10-12,18,37-38H2,1-9H3. The molecule has 2 heterocycles. The lowest BCUT2D eigenvalue weighted by molar-refractivity contribution is 0.332. The first-order valence-corrected chi connectivity index (χ1v) is 27.5. The fourth-order valence-electron chi connectivity index (χ4n) is 13.7. The van der Waals surface area contributed by atoms with Gasteiger partial charge in [-0.3, -0.25) is 0 Å². The lowest BCUT2D eigenvalue weighted by Crippen LogP contribution is -2.38. The zero-order chi connectivity index (χ0) is 50.8. The van der Waals surface area contributed by atoms with Crippen LogP contribution in [0.1, 0.15) is 120 Å². The second-order valence-electron chi connectivity index (χ2n) is 24.0. The van der Waals surface area contributed by atoms with Crippen molar-refractivity contribution in [1.29, 1.82) is 0 Å². The van der Waals surface area contributed by atoms with E-state index in [0.29, 0.717) is 0 Å². The van der Waals surface area contributed by atoms with Crippen molar-refractivity contribution in [2.24, 2.45) is 0 Å². The zero-order valence-corrected chi connectivity index (χ0v) is 44.9. The zero-order valence-electron chi connectivity index (χ0n) is 44.9. The Kier molecular flexibility index (Phi) is 10.8. The Bertz CT molecular complexity index is 3900. The molecule has 0 bridgehead atoms. The van der Waals surface area contributed by atoms with Gasteiger partial charge in [-0.1, -0.05) is 182 Å². The van der Waals surface area contributed by atoms with E-state index in [1.165, 1.54) is 142 Å². The van der Waals surface area contributed by atoms with E-state index in [1.54, 1.807) is 0 Å². The summed E-state index contributed by atoms with van der Waals surface area (Å²) in [5, 5.41) is 9.54. The van der Waals surface area contributed by atoms with Crippen LogP contribution in [-0.2, 0) is 22.7 Å². The maximum atomic E-state index is 4.30. The van der Waals surface area contributed by atoms with E-state index in [9.17, 15) is 0 Å². The molecule has 13 rings (SSSR count). The Labute approximate surface area is 439 Å². The van der Waals surface area contributed by atoms with Crippen LogP contribution in [0.3, 0.4) is 0 Å². The minimum atomic E-state index is -0.266. The average molecular weight is 962 g/mol. The summed E-state index contributed by atoms with van der Waals surface area (Å²) < 4.78 is 2.63. The van der Waals surface area contributed by atoms with Crippen LogP contribution in [0.15, 0.2) is 164 Å². The Hall–Kier alpha value is -7.30. The smallest absolute Gasteiger partial charge is 0.198 e. The monoisotopic (exact) mass is 962 g/mol. The average Bonchev–Trinajstić information content (AvgIpc) is 3.86. The molecule has 366 valence electrons. The molecule has 0 saturated carbocycles. The molecule has 9 aromatic carbocycles. The first kappa shape index (κ1) is 46.5. The predicted molar refractivity (Wildman–Crippen MR) is 320 cm³/mol. The molecule has 1 N–H and O–H groups in total. The second kappa shape index (κ2) is 17.1. The third-order valence-corrected chi connectivity index (χ3v) is 17.8. The summed E-state index contributed by atoms with van der Waals surface area (Å²) >= 11 is 0. The summed E-state index contributed by atoms with van der Waals surface area (Å²) in [5.41, 5.74) is 27.1. The lowest BCUT2D eigenvalue weighted by Gasteiger charge is -2.42. The van der Waals surface area contributed by atoms with Crippen LogP contribution in [0.25, 0.3) is 60.5 Å². The van der Waals surface area contributed by atoms with Gasteiger partial charge >= 0.3 is 0 Å². The molecule has 4 heteroatoms. The fourth-order valence-corrected chi connectivity index (χ4v) is 13.7. The van der Waals surface area contributed by atoms with E-state index in [0.717, 1.165) is 42.9 Å². The molecule has 74 heavy (non-hydrogen) atoms. The number of anilines is 5. The van der Waals surface area contributed by atoms with Gasteiger partial charge in [0, 0.05) is 61.4 Å². The van der Waals surface area contributed by atoms with Crippen LogP contribution < -0.4 is 21.1 Å². The summed E-state index contributed by atoms with van der Waals surface area (Å²) in [4.78, 5) is 2.46. The van der Waals surface area contributed by atoms with Gasteiger partial charge in [-0.25, -0.2) is 0 Å². The lowest BCUT2D eigenvalue weighted by atomic mass is 9.57. The van der Waals surface area contributed by atoms with Crippen molar-refractivity contribution in [3.05, 3.63) is 203 Å². The number of nitrogens with one attached hydrogen (secondary N) is 1. The van der Waals surface area contributed by atoms with Crippen molar-refractivity contribution in [3.63, 3.8) is 0 Å². The van der Waals surface area contributed by atoms with E-state index in [-0.39, 0.29) is 16.2 Å². The SMILES string of the molecule is CCCCCc1ccc(N(c2ccc(C)cc2)c2ccc(-c3c4c(cc5c3C(C)(C)c3ccccc3-5)-n3c5ccc6ccccc6c5c5cccc(c53)B4)c(Nc3cc4c(cc3C)C(C)(C)CCC4(C)C)c2)cc1. The number of benzene rings is 9. The molecule has 0 unspecified atom stereocenters. The highest BCUT2D eigenvalue weighted by atomic mass is 15.1. The third kappa shape index (κ3) is 7.22. The van der Waals surface area contributed by atoms with E-state index in [2.05, 4.69) is 241 Å². The van der Waals surface area contributed by atoms with Crippen LogP contribution in [0.2, 0.25) is 0 Å². The summed E-state index contributed by atoms with van der Waals surface area (Å²) in [7, 11) is 0.832. The predicted octanol–water partition coefficient (Wildman–Crippen LogP) is 17.5. The molecule has 1 aromatic heterocycles. The number of para-hydroxylation sites is 1. The Balaban J connectivity index is 1.10. The van der Waals surface area contributed by atoms with Crippen LogP contribution in [-0.4, -0.2) is 11.8 Å². The largest absolute Gasteiger partial charge is 0.355 e. The van der Waals surface area contributed by atoms with Gasteiger partial charge in [0.2, 0.25) is 0 Å². The molecular weight excluding hydrogens is 894 g/mol. The van der Waals surface area contributed by atoms with E-state index >= 15 is 0 Å². The molecule has 0 atom stereocenters. The summed E-state index contributed by atoms with van der Waals surface area (Å²) in [5.74, 6) is 0. The highest BCUT2D eigenvalue weighted by Gasteiger charge is 2.42. The normalized spacial score (nSPS) is 15.4. The van der Waals surface area contributed by atoms with E-state index in [1.807, 2.05) is 0 Å². The van der Waals surface area contributed by atoms with Crippen molar-refractivity contribution >= 4 is 79.2 Å². The van der Waals surface area contributed by atoms with Crippen molar-refractivity contribution in [2.45, 2.75) is 117 Å². The first-order chi connectivity index (χ1) is 35.7. The minimum absolute atomic E-state index is 0.0588. The quantitative estimate of drug-likeness (QED) is 0.109. The molecule has 2 aliphatic carbocycles. The van der Waals surface area contributed by atoms with E-state index < -0.39 is 0 Å². The van der Waals surface area contributed by atoms with Gasteiger partial charge in [-0.05, 0) is 171 Å². The number of hydrogen-bond donors (Lipinski definition) is 1. The molecule has 0 saturated heterocycles. The maximum absolute atomic E-state index is 4.30. The second-order valence-corrected chi connectivity index (χ2v) is 24.0. The number of fused-ring (bicyclic) bond motifs is 11. The van der Waals surface area contributed by atoms with Crippen molar-refractivity contribution < 1.29 is 0 Å². The molecule has 0 fully saturated rings. The molecule has 1 aliphatic heterocycles. The van der Waals surface area contributed by atoms with Crippen LogP contribution in [0.4, 0.5) is 28.4 Å². The topological polar surface area (TPSA) is 20.2 Å².